The minimum Gasteiger partial charge on any atom is -0.493 e. The number of nitrogens with one attached hydrogen (secondary N) is 2. The fourth-order valence-electron chi connectivity index (χ4n) is 3.19. The third-order valence-corrected chi connectivity index (χ3v) is 5.81. The summed E-state index contributed by atoms with van der Waals surface area (Å²) in [7, 11) is 3.16. The Hall–Kier alpha value is -2.54. The molecule has 0 saturated heterocycles. The SMILES string of the molecule is CNC(=O)c1c(NC(=O)[C@@H](C)Oc2ccccc2OC)sc2c1CCCC2. The van der Waals surface area contributed by atoms with Gasteiger partial charge in [-0.15, -0.1) is 11.3 Å². The summed E-state index contributed by atoms with van der Waals surface area (Å²) in [5.41, 5.74) is 1.66. The van der Waals surface area contributed by atoms with Crippen LogP contribution in [0, 0.1) is 0 Å². The van der Waals surface area contributed by atoms with Crippen molar-refractivity contribution in [2.24, 2.45) is 0 Å². The van der Waals surface area contributed by atoms with Gasteiger partial charge in [0, 0.05) is 11.9 Å². The number of methoxy groups -OCH3 is 1. The van der Waals surface area contributed by atoms with Crippen LogP contribution in [0.3, 0.4) is 0 Å². The van der Waals surface area contributed by atoms with Gasteiger partial charge in [0.05, 0.1) is 12.7 Å². The number of thiophene rings is 1. The number of carbonyl (C=O) groups is 2. The third-order valence-electron chi connectivity index (χ3n) is 4.60. The molecule has 7 heteroatoms. The van der Waals surface area contributed by atoms with Crippen LogP contribution in [-0.4, -0.2) is 32.1 Å². The van der Waals surface area contributed by atoms with Gasteiger partial charge in [-0.2, -0.15) is 0 Å². The van der Waals surface area contributed by atoms with E-state index < -0.39 is 6.10 Å². The topological polar surface area (TPSA) is 76.7 Å². The summed E-state index contributed by atoms with van der Waals surface area (Å²) < 4.78 is 11.0. The minimum absolute atomic E-state index is 0.164. The first-order valence-corrected chi connectivity index (χ1v) is 9.84. The second kappa shape index (κ2) is 8.43. The van der Waals surface area contributed by atoms with Crippen LogP contribution in [0.4, 0.5) is 5.00 Å². The standard InChI is InChI=1S/C20H24N2O4S/c1-12(26-15-10-6-5-9-14(15)25-3)18(23)22-20-17(19(24)21-2)13-8-4-7-11-16(13)27-20/h5-6,9-10,12H,4,7-8,11H2,1-3H3,(H,21,24)(H,22,23)/t12-/m1/s1. The molecule has 0 bridgehead atoms. The fourth-order valence-corrected chi connectivity index (χ4v) is 4.48. The molecule has 2 N–H and O–H groups in total. The van der Waals surface area contributed by atoms with Crippen LogP contribution < -0.4 is 20.1 Å². The molecule has 1 atom stereocenters. The number of hydrogen-bond donors (Lipinski definition) is 2. The van der Waals surface area contributed by atoms with Gasteiger partial charge in [-0.1, -0.05) is 12.1 Å². The second-order valence-electron chi connectivity index (χ2n) is 6.39. The molecule has 0 unspecified atom stereocenters. The molecule has 1 aliphatic carbocycles. The van der Waals surface area contributed by atoms with Gasteiger partial charge in [0.2, 0.25) is 0 Å². The molecule has 1 aliphatic rings. The van der Waals surface area contributed by atoms with E-state index in [1.54, 1.807) is 33.2 Å². The second-order valence-corrected chi connectivity index (χ2v) is 7.50. The molecule has 0 radical (unpaired) electrons. The van der Waals surface area contributed by atoms with E-state index in [0.717, 1.165) is 31.2 Å². The van der Waals surface area contributed by atoms with Crippen molar-refractivity contribution in [2.75, 3.05) is 19.5 Å². The predicted octanol–water partition coefficient (Wildman–Crippen LogP) is 3.40. The molecule has 144 valence electrons. The number of benzene rings is 1. The predicted molar refractivity (Wildman–Crippen MR) is 106 cm³/mol. The summed E-state index contributed by atoms with van der Waals surface area (Å²) in [6.07, 6.45) is 3.26. The van der Waals surface area contributed by atoms with E-state index in [4.69, 9.17) is 9.47 Å². The van der Waals surface area contributed by atoms with Gasteiger partial charge in [0.15, 0.2) is 17.6 Å². The van der Waals surface area contributed by atoms with Crippen LogP contribution in [0.15, 0.2) is 24.3 Å². The van der Waals surface area contributed by atoms with E-state index in [2.05, 4.69) is 10.6 Å². The van der Waals surface area contributed by atoms with Gasteiger partial charge in [0.1, 0.15) is 5.00 Å². The number of aryl methyl sites for hydroxylation is 1. The van der Waals surface area contributed by atoms with Crippen LogP contribution >= 0.6 is 11.3 Å². The zero-order valence-corrected chi connectivity index (χ0v) is 16.6. The van der Waals surface area contributed by atoms with E-state index in [1.165, 1.54) is 16.2 Å². The first-order valence-electron chi connectivity index (χ1n) is 9.02. The van der Waals surface area contributed by atoms with Crippen molar-refractivity contribution in [1.82, 2.24) is 5.32 Å². The van der Waals surface area contributed by atoms with Gasteiger partial charge >= 0.3 is 0 Å². The lowest BCUT2D eigenvalue weighted by Crippen LogP contribution is -2.31. The van der Waals surface area contributed by atoms with E-state index in [1.807, 2.05) is 12.1 Å². The van der Waals surface area contributed by atoms with Crippen molar-refractivity contribution < 1.29 is 19.1 Å². The lowest BCUT2D eigenvalue weighted by molar-refractivity contribution is -0.122. The lowest BCUT2D eigenvalue weighted by atomic mass is 9.95. The van der Waals surface area contributed by atoms with Crippen molar-refractivity contribution in [3.63, 3.8) is 0 Å². The first kappa shape index (κ1) is 19.2. The van der Waals surface area contributed by atoms with Crippen molar-refractivity contribution >= 4 is 28.2 Å². The maximum absolute atomic E-state index is 12.7. The molecule has 6 nitrogen and oxygen atoms in total. The van der Waals surface area contributed by atoms with E-state index in [9.17, 15) is 9.59 Å². The summed E-state index contributed by atoms with van der Waals surface area (Å²) in [5, 5.41) is 6.18. The number of anilines is 1. The maximum Gasteiger partial charge on any atom is 0.265 e. The molecule has 3 rings (SSSR count). The zero-order valence-electron chi connectivity index (χ0n) is 15.8. The van der Waals surface area contributed by atoms with Crippen molar-refractivity contribution in [3.05, 3.63) is 40.3 Å². The van der Waals surface area contributed by atoms with Gasteiger partial charge < -0.3 is 20.1 Å². The highest BCUT2D eigenvalue weighted by Gasteiger charge is 2.27. The molecular weight excluding hydrogens is 364 g/mol. The summed E-state index contributed by atoms with van der Waals surface area (Å²) in [5.74, 6) is 0.599. The summed E-state index contributed by atoms with van der Waals surface area (Å²) >= 11 is 1.49. The highest BCUT2D eigenvalue weighted by Crippen LogP contribution is 2.38. The molecular formula is C20H24N2O4S. The van der Waals surface area contributed by atoms with Gasteiger partial charge in [-0.3, -0.25) is 9.59 Å². The Kier molecular flexibility index (Phi) is 6.01. The molecule has 1 heterocycles. The van der Waals surface area contributed by atoms with Gasteiger partial charge in [-0.05, 0) is 50.3 Å². The lowest BCUT2D eigenvalue weighted by Gasteiger charge is -2.16. The van der Waals surface area contributed by atoms with Crippen LogP contribution in [0.25, 0.3) is 0 Å². The number of hydrogen-bond acceptors (Lipinski definition) is 5. The Morgan fingerprint density at radius 3 is 2.56 bits per heavy atom. The van der Waals surface area contributed by atoms with Crippen LogP contribution in [0.2, 0.25) is 0 Å². The largest absolute Gasteiger partial charge is 0.493 e. The minimum atomic E-state index is -0.738. The molecule has 1 aromatic heterocycles. The smallest absolute Gasteiger partial charge is 0.265 e. The third kappa shape index (κ3) is 4.08. The van der Waals surface area contributed by atoms with Gasteiger partial charge in [-0.25, -0.2) is 0 Å². The monoisotopic (exact) mass is 388 g/mol. The number of ether oxygens (including phenoxy) is 2. The molecule has 0 spiro atoms. The average Bonchev–Trinajstić information content (AvgIpc) is 3.05. The average molecular weight is 388 g/mol. The number of carbonyl (C=O) groups excluding carboxylic acids is 2. The Balaban J connectivity index is 1.79. The van der Waals surface area contributed by atoms with Crippen molar-refractivity contribution in [1.29, 1.82) is 0 Å². The van der Waals surface area contributed by atoms with E-state index >= 15 is 0 Å². The van der Waals surface area contributed by atoms with E-state index in [0.29, 0.717) is 22.1 Å². The Morgan fingerprint density at radius 2 is 1.85 bits per heavy atom. The number of para-hydroxylation sites is 2. The van der Waals surface area contributed by atoms with E-state index in [-0.39, 0.29) is 11.8 Å². The van der Waals surface area contributed by atoms with Crippen molar-refractivity contribution in [2.45, 2.75) is 38.7 Å². The summed E-state index contributed by atoms with van der Waals surface area (Å²) in [4.78, 5) is 26.3. The van der Waals surface area contributed by atoms with Crippen LogP contribution in [0.1, 0.15) is 40.6 Å². The Bertz CT molecular complexity index is 847. The molecule has 27 heavy (non-hydrogen) atoms. The highest BCUT2D eigenvalue weighted by atomic mass is 32.1. The van der Waals surface area contributed by atoms with Gasteiger partial charge in [0.25, 0.3) is 11.8 Å². The Labute approximate surface area is 162 Å². The number of rotatable bonds is 6. The molecule has 1 aromatic carbocycles. The fraction of sp³-hybridized carbons (Fsp3) is 0.400. The first-order chi connectivity index (χ1) is 13.0. The Morgan fingerprint density at radius 1 is 1.15 bits per heavy atom. The summed E-state index contributed by atoms with van der Waals surface area (Å²) in [6.45, 7) is 1.68. The molecule has 0 fully saturated rings. The molecule has 2 aromatic rings. The maximum atomic E-state index is 12.7. The summed E-state index contributed by atoms with van der Waals surface area (Å²) in [6, 6.07) is 7.18. The molecule has 0 aliphatic heterocycles. The zero-order chi connectivity index (χ0) is 19.4. The molecule has 0 saturated carbocycles. The quantitative estimate of drug-likeness (QED) is 0.795. The number of fused-ring (bicyclic) bond motifs is 1. The van der Waals surface area contributed by atoms with Crippen molar-refractivity contribution in [3.8, 4) is 11.5 Å². The normalized spacial score (nSPS) is 14.0. The highest BCUT2D eigenvalue weighted by molar-refractivity contribution is 7.17. The van der Waals surface area contributed by atoms with Crippen LogP contribution in [0.5, 0.6) is 11.5 Å². The molecule has 2 amide bonds. The van der Waals surface area contributed by atoms with Crippen LogP contribution in [-0.2, 0) is 17.6 Å². The number of amides is 2.